The molecule has 1 fully saturated rings. The van der Waals surface area contributed by atoms with Crippen molar-refractivity contribution in [1.82, 2.24) is 4.90 Å². The van der Waals surface area contributed by atoms with Crippen LogP contribution >= 0.6 is 0 Å². The number of anilines is 2. The van der Waals surface area contributed by atoms with Gasteiger partial charge in [-0.3, -0.25) is 9.59 Å². The number of amides is 2. The Morgan fingerprint density at radius 2 is 1.68 bits per heavy atom. The molecule has 0 aliphatic carbocycles. The predicted molar refractivity (Wildman–Crippen MR) is 114 cm³/mol. The van der Waals surface area contributed by atoms with Gasteiger partial charge in [-0.25, -0.2) is 0 Å². The van der Waals surface area contributed by atoms with Gasteiger partial charge in [0.15, 0.2) is 0 Å². The van der Waals surface area contributed by atoms with Crippen molar-refractivity contribution in [3.05, 3.63) is 59.2 Å². The van der Waals surface area contributed by atoms with Gasteiger partial charge in [0.05, 0.1) is 5.56 Å². The molecule has 0 spiro atoms. The van der Waals surface area contributed by atoms with Crippen molar-refractivity contribution in [1.29, 1.82) is 0 Å². The van der Waals surface area contributed by atoms with Crippen LogP contribution in [0.3, 0.4) is 0 Å². The average Bonchev–Trinajstić information content (AvgIpc) is 2.68. The molecule has 1 saturated heterocycles. The van der Waals surface area contributed by atoms with E-state index in [4.69, 9.17) is 0 Å². The summed E-state index contributed by atoms with van der Waals surface area (Å²) >= 11 is 0. The Hall–Kier alpha value is -2.82. The first-order chi connectivity index (χ1) is 13.3. The van der Waals surface area contributed by atoms with Crippen molar-refractivity contribution >= 4 is 23.2 Å². The lowest BCUT2D eigenvalue weighted by Gasteiger charge is -2.31. The molecule has 1 aliphatic rings. The second-order valence-corrected chi connectivity index (χ2v) is 7.92. The predicted octanol–water partition coefficient (Wildman–Crippen LogP) is 4.19. The number of nitrogens with zero attached hydrogens (tertiary/aromatic N) is 2. The number of carbonyl (C=O) groups is 2. The van der Waals surface area contributed by atoms with Gasteiger partial charge in [-0.05, 0) is 56.0 Å². The quantitative estimate of drug-likeness (QED) is 0.867. The Morgan fingerprint density at radius 1 is 1.04 bits per heavy atom. The molecular formula is C23H29N3O2. The van der Waals surface area contributed by atoms with Crippen LogP contribution < -0.4 is 10.2 Å². The molecule has 2 amide bonds. The van der Waals surface area contributed by atoms with Crippen molar-refractivity contribution in [2.45, 2.75) is 26.7 Å². The molecule has 28 heavy (non-hydrogen) atoms. The van der Waals surface area contributed by atoms with Crippen LogP contribution in [0.1, 0.15) is 46.0 Å². The van der Waals surface area contributed by atoms with E-state index in [1.165, 1.54) is 0 Å². The molecule has 0 radical (unpaired) electrons. The third kappa shape index (κ3) is 4.53. The molecule has 1 N–H and O–H groups in total. The van der Waals surface area contributed by atoms with Gasteiger partial charge in [0.2, 0.25) is 0 Å². The number of hydrogen-bond donors (Lipinski definition) is 1. The van der Waals surface area contributed by atoms with E-state index in [0.29, 0.717) is 22.7 Å². The molecule has 3 rings (SSSR count). The largest absolute Gasteiger partial charge is 0.377 e. The molecule has 1 aliphatic heterocycles. The first-order valence-electron chi connectivity index (χ1n) is 9.84. The molecule has 5 heteroatoms. The monoisotopic (exact) mass is 379 g/mol. The van der Waals surface area contributed by atoms with Crippen LogP contribution in [0.2, 0.25) is 0 Å². The van der Waals surface area contributed by atoms with Gasteiger partial charge in [0.1, 0.15) is 0 Å². The van der Waals surface area contributed by atoms with Crippen molar-refractivity contribution in [2.75, 3.05) is 37.4 Å². The van der Waals surface area contributed by atoms with Crippen LogP contribution in [-0.2, 0) is 0 Å². The van der Waals surface area contributed by atoms with Crippen molar-refractivity contribution < 1.29 is 9.59 Å². The highest BCUT2D eigenvalue weighted by Crippen LogP contribution is 2.27. The van der Waals surface area contributed by atoms with E-state index in [9.17, 15) is 9.59 Å². The minimum Gasteiger partial charge on any atom is -0.377 e. The number of piperidine rings is 1. The van der Waals surface area contributed by atoms with Gasteiger partial charge in [0.25, 0.3) is 11.8 Å². The standard InChI is InChI=1S/C23H29N3O2/c1-16-5-7-18(8-6-16)22(27)24-19-9-10-21(25(3)4)20(15-19)23(28)26-13-11-17(2)12-14-26/h5-10,15,17H,11-14H2,1-4H3,(H,24,27). The van der Waals surface area contributed by atoms with E-state index in [2.05, 4.69) is 12.2 Å². The summed E-state index contributed by atoms with van der Waals surface area (Å²) in [6.07, 6.45) is 2.07. The fourth-order valence-electron chi connectivity index (χ4n) is 3.47. The number of benzene rings is 2. The van der Waals surface area contributed by atoms with Crippen molar-refractivity contribution in [3.8, 4) is 0 Å². The lowest BCUT2D eigenvalue weighted by molar-refractivity contribution is 0.0697. The number of rotatable bonds is 4. The van der Waals surface area contributed by atoms with Crippen LogP contribution in [0.15, 0.2) is 42.5 Å². The molecule has 0 saturated carbocycles. The number of likely N-dealkylation sites (tertiary alicyclic amines) is 1. The number of aryl methyl sites for hydroxylation is 1. The normalized spacial score (nSPS) is 14.6. The Bertz CT molecular complexity index is 851. The summed E-state index contributed by atoms with van der Waals surface area (Å²) in [5.74, 6) is 0.516. The summed E-state index contributed by atoms with van der Waals surface area (Å²) < 4.78 is 0. The van der Waals surface area contributed by atoms with Crippen molar-refractivity contribution in [2.24, 2.45) is 5.92 Å². The highest BCUT2D eigenvalue weighted by Gasteiger charge is 2.24. The summed E-state index contributed by atoms with van der Waals surface area (Å²) in [6, 6.07) is 13.0. The molecule has 0 atom stereocenters. The van der Waals surface area contributed by atoms with Crippen LogP contribution in [0.25, 0.3) is 0 Å². The highest BCUT2D eigenvalue weighted by molar-refractivity contribution is 6.06. The Kier molecular flexibility index (Phi) is 6.02. The topological polar surface area (TPSA) is 52.7 Å². The summed E-state index contributed by atoms with van der Waals surface area (Å²) in [5, 5.41) is 2.92. The Morgan fingerprint density at radius 3 is 2.29 bits per heavy atom. The maximum atomic E-state index is 13.2. The van der Waals surface area contributed by atoms with Gasteiger partial charge < -0.3 is 15.1 Å². The molecule has 148 valence electrons. The maximum Gasteiger partial charge on any atom is 0.256 e. The van der Waals surface area contributed by atoms with Gasteiger partial charge in [-0.2, -0.15) is 0 Å². The van der Waals surface area contributed by atoms with E-state index in [1.54, 1.807) is 18.2 Å². The summed E-state index contributed by atoms with van der Waals surface area (Å²) in [4.78, 5) is 29.6. The SMILES string of the molecule is Cc1ccc(C(=O)Nc2ccc(N(C)C)c(C(=O)N3CCC(C)CC3)c2)cc1. The summed E-state index contributed by atoms with van der Waals surface area (Å²) in [5.41, 5.74) is 3.82. The minimum atomic E-state index is -0.178. The van der Waals surface area contributed by atoms with E-state index in [0.717, 1.165) is 37.2 Å². The molecule has 2 aromatic carbocycles. The van der Waals surface area contributed by atoms with Gasteiger partial charge >= 0.3 is 0 Å². The lowest BCUT2D eigenvalue weighted by Crippen LogP contribution is -2.38. The Balaban J connectivity index is 1.83. The second-order valence-electron chi connectivity index (χ2n) is 7.92. The summed E-state index contributed by atoms with van der Waals surface area (Å²) in [7, 11) is 3.85. The van der Waals surface area contributed by atoms with E-state index in [-0.39, 0.29) is 11.8 Å². The van der Waals surface area contributed by atoms with E-state index < -0.39 is 0 Å². The molecule has 0 unspecified atom stereocenters. The fraction of sp³-hybridized carbons (Fsp3) is 0.391. The highest BCUT2D eigenvalue weighted by atomic mass is 16.2. The van der Waals surface area contributed by atoms with Gasteiger partial charge in [0, 0.05) is 44.1 Å². The second kappa shape index (κ2) is 8.46. The first-order valence-corrected chi connectivity index (χ1v) is 9.84. The first kappa shape index (κ1) is 19.9. The van der Waals surface area contributed by atoms with Gasteiger partial charge in [-0.15, -0.1) is 0 Å². The molecule has 0 bridgehead atoms. The van der Waals surface area contributed by atoms with E-state index >= 15 is 0 Å². The smallest absolute Gasteiger partial charge is 0.256 e. The molecule has 0 aromatic heterocycles. The third-order valence-electron chi connectivity index (χ3n) is 5.35. The third-order valence-corrected chi connectivity index (χ3v) is 5.35. The van der Waals surface area contributed by atoms with Crippen LogP contribution in [0, 0.1) is 12.8 Å². The zero-order valence-electron chi connectivity index (χ0n) is 17.2. The molecule has 5 nitrogen and oxygen atoms in total. The number of hydrogen-bond acceptors (Lipinski definition) is 3. The van der Waals surface area contributed by atoms with Crippen LogP contribution in [-0.4, -0.2) is 43.9 Å². The number of carbonyl (C=O) groups excluding carboxylic acids is 2. The Labute approximate surface area is 167 Å². The van der Waals surface area contributed by atoms with Crippen LogP contribution in [0.5, 0.6) is 0 Å². The van der Waals surface area contributed by atoms with E-state index in [1.807, 2.05) is 55.1 Å². The number of nitrogens with one attached hydrogen (secondary N) is 1. The zero-order chi connectivity index (χ0) is 20.3. The van der Waals surface area contributed by atoms with Crippen molar-refractivity contribution in [3.63, 3.8) is 0 Å². The fourth-order valence-corrected chi connectivity index (χ4v) is 3.47. The van der Waals surface area contributed by atoms with Crippen LogP contribution in [0.4, 0.5) is 11.4 Å². The molecular weight excluding hydrogens is 350 g/mol. The maximum absolute atomic E-state index is 13.2. The lowest BCUT2D eigenvalue weighted by atomic mass is 9.98. The van der Waals surface area contributed by atoms with Gasteiger partial charge in [-0.1, -0.05) is 24.6 Å². The molecule has 1 heterocycles. The summed E-state index contributed by atoms with van der Waals surface area (Å²) in [6.45, 7) is 5.79. The molecule has 2 aromatic rings. The zero-order valence-corrected chi connectivity index (χ0v) is 17.2. The average molecular weight is 380 g/mol. The minimum absolute atomic E-state index is 0.0297.